The second kappa shape index (κ2) is 9.62. The lowest BCUT2D eigenvalue weighted by atomic mass is 9.97. The monoisotopic (exact) mass is 410 g/mol. The Bertz CT molecular complexity index is 946. The van der Waals surface area contributed by atoms with Gasteiger partial charge < -0.3 is 19.9 Å². The van der Waals surface area contributed by atoms with Gasteiger partial charge in [0.15, 0.2) is 0 Å². The summed E-state index contributed by atoms with van der Waals surface area (Å²) < 4.78 is 16.1. The SMILES string of the molecule is COCC(C)Oc1ccc(-c2c(C#N)c(N)nc(SCC3COC3)c2C#N)cc1. The number of anilines is 1. The van der Waals surface area contributed by atoms with Crippen molar-refractivity contribution in [3.63, 3.8) is 0 Å². The Morgan fingerprint density at radius 3 is 2.48 bits per heavy atom. The summed E-state index contributed by atoms with van der Waals surface area (Å²) in [5, 5.41) is 20.0. The van der Waals surface area contributed by atoms with Gasteiger partial charge in [-0.05, 0) is 24.6 Å². The molecular formula is C21H22N4O3S. The number of thioether (sulfide) groups is 1. The minimum atomic E-state index is -0.0924. The minimum Gasteiger partial charge on any atom is -0.488 e. The van der Waals surface area contributed by atoms with Crippen molar-refractivity contribution in [3.8, 4) is 29.0 Å². The van der Waals surface area contributed by atoms with E-state index in [0.717, 1.165) is 19.0 Å². The van der Waals surface area contributed by atoms with E-state index in [9.17, 15) is 10.5 Å². The molecule has 0 spiro atoms. The fourth-order valence-electron chi connectivity index (χ4n) is 2.97. The normalized spacial score (nSPS) is 14.5. The molecule has 2 heterocycles. The van der Waals surface area contributed by atoms with Crippen LogP contribution in [0.3, 0.4) is 0 Å². The number of aromatic nitrogens is 1. The van der Waals surface area contributed by atoms with Gasteiger partial charge in [-0.1, -0.05) is 12.1 Å². The average Bonchev–Trinajstić information content (AvgIpc) is 2.67. The Morgan fingerprint density at radius 1 is 1.24 bits per heavy atom. The molecule has 1 aliphatic heterocycles. The topological polar surface area (TPSA) is 114 Å². The number of pyridine rings is 1. The summed E-state index contributed by atoms with van der Waals surface area (Å²) >= 11 is 1.47. The summed E-state index contributed by atoms with van der Waals surface area (Å²) in [7, 11) is 1.62. The number of nitrogens with two attached hydrogens (primary N) is 1. The molecule has 1 unspecified atom stereocenters. The first-order valence-electron chi connectivity index (χ1n) is 9.17. The van der Waals surface area contributed by atoms with Crippen LogP contribution in [0.1, 0.15) is 18.1 Å². The average molecular weight is 410 g/mol. The number of nitrogens with zero attached hydrogens (tertiary/aromatic N) is 3. The molecule has 1 atom stereocenters. The Hall–Kier alpha value is -2.78. The van der Waals surface area contributed by atoms with E-state index in [2.05, 4.69) is 17.1 Å². The predicted octanol–water partition coefficient (Wildman–Crippen LogP) is 3.23. The quantitative estimate of drug-likeness (QED) is 0.660. The Morgan fingerprint density at radius 2 is 1.93 bits per heavy atom. The number of hydrogen-bond donors (Lipinski definition) is 1. The van der Waals surface area contributed by atoms with Gasteiger partial charge in [-0.2, -0.15) is 10.5 Å². The standard InChI is InChI=1S/C21H22N4O3S/c1-13(9-26-2)28-16-5-3-15(4-6-16)19-17(7-22)20(24)25-21(18(19)8-23)29-12-14-10-27-11-14/h3-6,13-14H,9-12H2,1-2H3,(H2,24,25). The van der Waals surface area contributed by atoms with Gasteiger partial charge in [0.25, 0.3) is 0 Å². The lowest BCUT2D eigenvalue weighted by molar-refractivity contribution is -0.0196. The van der Waals surface area contributed by atoms with Crippen molar-refractivity contribution in [1.29, 1.82) is 10.5 Å². The number of ether oxygens (including phenoxy) is 3. The largest absolute Gasteiger partial charge is 0.488 e. The van der Waals surface area contributed by atoms with Crippen LogP contribution in [-0.4, -0.2) is 43.8 Å². The number of nitrogen functional groups attached to an aromatic ring is 1. The highest BCUT2D eigenvalue weighted by atomic mass is 32.2. The summed E-state index contributed by atoms with van der Waals surface area (Å²) in [5.41, 5.74) is 7.85. The molecule has 0 saturated carbocycles. The molecule has 1 aromatic heterocycles. The fourth-order valence-corrected chi connectivity index (χ4v) is 4.01. The van der Waals surface area contributed by atoms with E-state index in [1.54, 1.807) is 19.2 Å². The van der Waals surface area contributed by atoms with Crippen LogP contribution in [0.4, 0.5) is 5.82 Å². The van der Waals surface area contributed by atoms with E-state index in [1.165, 1.54) is 11.8 Å². The lowest BCUT2D eigenvalue weighted by Gasteiger charge is -2.25. The second-order valence-electron chi connectivity index (χ2n) is 6.77. The molecule has 1 aromatic carbocycles. The maximum absolute atomic E-state index is 9.82. The number of benzene rings is 1. The van der Waals surface area contributed by atoms with Crippen molar-refractivity contribution >= 4 is 17.6 Å². The van der Waals surface area contributed by atoms with E-state index >= 15 is 0 Å². The third-order valence-corrected chi connectivity index (χ3v) is 5.67. The van der Waals surface area contributed by atoms with Crippen LogP contribution in [0.15, 0.2) is 29.3 Å². The van der Waals surface area contributed by atoms with Gasteiger partial charge in [-0.15, -0.1) is 11.8 Å². The molecule has 0 aliphatic carbocycles. The first kappa shape index (κ1) is 20.9. The first-order valence-corrected chi connectivity index (χ1v) is 10.2. The van der Waals surface area contributed by atoms with Crippen molar-refractivity contribution in [3.05, 3.63) is 35.4 Å². The molecule has 29 heavy (non-hydrogen) atoms. The molecule has 7 nitrogen and oxygen atoms in total. The van der Waals surface area contributed by atoms with E-state index < -0.39 is 0 Å². The number of methoxy groups -OCH3 is 1. The molecule has 0 bridgehead atoms. The molecule has 150 valence electrons. The van der Waals surface area contributed by atoms with Crippen molar-refractivity contribution in [2.75, 3.05) is 38.4 Å². The van der Waals surface area contributed by atoms with Crippen LogP contribution in [0.5, 0.6) is 5.75 Å². The van der Waals surface area contributed by atoms with Crippen LogP contribution in [0.2, 0.25) is 0 Å². The molecule has 2 N–H and O–H groups in total. The number of rotatable bonds is 8. The zero-order chi connectivity index (χ0) is 20.8. The highest BCUT2D eigenvalue weighted by Crippen LogP contribution is 2.37. The van der Waals surface area contributed by atoms with E-state index in [-0.39, 0.29) is 17.5 Å². The highest BCUT2D eigenvalue weighted by molar-refractivity contribution is 7.99. The van der Waals surface area contributed by atoms with Crippen LogP contribution in [-0.2, 0) is 9.47 Å². The molecule has 1 saturated heterocycles. The summed E-state index contributed by atoms with van der Waals surface area (Å²) in [6, 6.07) is 11.6. The van der Waals surface area contributed by atoms with Crippen molar-refractivity contribution < 1.29 is 14.2 Å². The van der Waals surface area contributed by atoms with Crippen LogP contribution < -0.4 is 10.5 Å². The number of nitriles is 2. The van der Waals surface area contributed by atoms with Crippen LogP contribution in [0.25, 0.3) is 11.1 Å². The molecule has 1 fully saturated rings. The molecule has 8 heteroatoms. The van der Waals surface area contributed by atoms with Crippen LogP contribution in [0, 0.1) is 28.6 Å². The summed E-state index contributed by atoms with van der Waals surface area (Å²) in [4.78, 5) is 4.32. The third kappa shape index (κ3) is 4.80. The second-order valence-corrected chi connectivity index (χ2v) is 7.78. The van der Waals surface area contributed by atoms with Gasteiger partial charge >= 0.3 is 0 Å². The molecule has 2 aromatic rings. The van der Waals surface area contributed by atoms with Crippen molar-refractivity contribution in [1.82, 2.24) is 4.98 Å². The first-order chi connectivity index (χ1) is 14.1. The van der Waals surface area contributed by atoms with Crippen LogP contribution >= 0.6 is 11.8 Å². The fraction of sp³-hybridized carbons (Fsp3) is 0.381. The van der Waals surface area contributed by atoms with Crippen molar-refractivity contribution in [2.45, 2.75) is 18.1 Å². The summed E-state index contributed by atoms with van der Waals surface area (Å²) in [6.45, 7) is 3.83. The smallest absolute Gasteiger partial charge is 0.143 e. The summed E-state index contributed by atoms with van der Waals surface area (Å²) in [5.74, 6) is 2.04. The molecule has 0 radical (unpaired) electrons. The van der Waals surface area contributed by atoms with E-state index in [4.69, 9.17) is 19.9 Å². The third-order valence-electron chi connectivity index (χ3n) is 4.46. The molecule has 0 amide bonds. The molecule has 3 rings (SSSR count). The minimum absolute atomic E-state index is 0.0924. The van der Waals surface area contributed by atoms with E-state index in [0.29, 0.717) is 40.0 Å². The van der Waals surface area contributed by atoms with Gasteiger partial charge in [-0.25, -0.2) is 4.98 Å². The van der Waals surface area contributed by atoms with Crippen molar-refractivity contribution in [2.24, 2.45) is 5.92 Å². The Balaban J connectivity index is 1.95. The molecule has 1 aliphatic rings. The lowest BCUT2D eigenvalue weighted by Crippen LogP contribution is -2.29. The van der Waals surface area contributed by atoms with Gasteiger partial charge in [0.2, 0.25) is 0 Å². The Kier molecular flexibility index (Phi) is 6.95. The van der Waals surface area contributed by atoms with E-state index in [1.807, 2.05) is 19.1 Å². The van der Waals surface area contributed by atoms with Gasteiger partial charge in [0.1, 0.15) is 40.4 Å². The van der Waals surface area contributed by atoms with Gasteiger partial charge in [-0.3, -0.25) is 0 Å². The van der Waals surface area contributed by atoms with Gasteiger partial charge in [0, 0.05) is 24.3 Å². The zero-order valence-corrected chi connectivity index (χ0v) is 17.2. The number of hydrogen-bond acceptors (Lipinski definition) is 8. The summed E-state index contributed by atoms with van der Waals surface area (Å²) in [6.07, 6.45) is -0.0924. The van der Waals surface area contributed by atoms with Gasteiger partial charge in [0.05, 0.1) is 25.4 Å². The maximum Gasteiger partial charge on any atom is 0.143 e. The Labute approximate surface area is 174 Å². The predicted molar refractivity (Wildman–Crippen MR) is 111 cm³/mol. The molecular weight excluding hydrogens is 388 g/mol. The highest BCUT2D eigenvalue weighted by Gasteiger charge is 2.23. The maximum atomic E-state index is 9.82. The zero-order valence-electron chi connectivity index (χ0n) is 16.3.